The first-order valence-electron chi connectivity index (χ1n) is 5.53. The maximum atomic E-state index is 12.0. The highest BCUT2D eigenvalue weighted by Gasteiger charge is 2.28. The van der Waals surface area contributed by atoms with Crippen LogP contribution in [-0.4, -0.2) is 27.0 Å². The van der Waals surface area contributed by atoms with E-state index in [4.69, 9.17) is 0 Å². The van der Waals surface area contributed by atoms with Crippen molar-refractivity contribution >= 4 is 5.78 Å². The van der Waals surface area contributed by atoms with Crippen LogP contribution in [0.25, 0.3) is 5.69 Å². The van der Waals surface area contributed by atoms with Crippen molar-refractivity contribution in [2.24, 2.45) is 0 Å². The number of Topliss-reactive ketones (excluding diaryl/α,β-unsaturated/α-hetero) is 1. The van der Waals surface area contributed by atoms with Gasteiger partial charge < -0.3 is 0 Å². The van der Waals surface area contributed by atoms with E-state index in [-0.39, 0.29) is 5.69 Å². The third-order valence-electron chi connectivity index (χ3n) is 2.40. The molecule has 0 radical (unpaired) electrons. The molecule has 0 aliphatic heterocycles. The van der Waals surface area contributed by atoms with E-state index in [0.29, 0.717) is 5.69 Å². The lowest BCUT2D eigenvalue weighted by Gasteiger charge is -2.03. The Labute approximate surface area is 106 Å². The highest BCUT2D eigenvalue weighted by atomic mass is 19.4. The minimum Gasteiger partial charge on any atom is -0.292 e. The van der Waals surface area contributed by atoms with Gasteiger partial charge in [-0.05, 0) is 12.1 Å². The Morgan fingerprint density at radius 3 is 2.53 bits per heavy atom. The van der Waals surface area contributed by atoms with Gasteiger partial charge in [-0.3, -0.25) is 4.79 Å². The van der Waals surface area contributed by atoms with Gasteiger partial charge in [0.1, 0.15) is 5.69 Å². The Hall–Kier alpha value is -2.18. The molecule has 0 aliphatic carbocycles. The molecular formula is C12H10F3N3O. The van der Waals surface area contributed by atoms with Crippen LogP contribution in [0.2, 0.25) is 0 Å². The number of aromatic nitrogens is 3. The quantitative estimate of drug-likeness (QED) is 0.802. The Balaban J connectivity index is 2.07. The molecule has 1 heterocycles. The molecule has 4 nitrogen and oxygen atoms in total. The number of ketones is 1. The van der Waals surface area contributed by atoms with Gasteiger partial charge in [0, 0.05) is 6.42 Å². The van der Waals surface area contributed by atoms with Crippen LogP contribution in [-0.2, 0) is 0 Å². The van der Waals surface area contributed by atoms with Crippen LogP contribution in [0.4, 0.5) is 13.2 Å². The highest BCUT2D eigenvalue weighted by molar-refractivity contribution is 5.93. The lowest BCUT2D eigenvalue weighted by atomic mass is 10.2. The Kier molecular flexibility index (Phi) is 3.64. The molecule has 0 saturated carbocycles. The van der Waals surface area contributed by atoms with Crippen LogP contribution >= 0.6 is 0 Å². The second kappa shape index (κ2) is 5.21. The van der Waals surface area contributed by atoms with E-state index in [9.17, 15) is 18.0 Å². The van der Waals surface area contributed by atoms with Crippen molar-refractivity contribution in [3.8, 4) is 5.69 Å². The zero-order valence-electron chi connectivity index (χ0n) is 9.76. The van der Waals surface area contributed by atoms with Gasteiger partial charge in [0.2, 0.25) is 0 Å². The molecule has 0 bridgehead atoms. The summed E-state index contributed by atoms with van der Waals surface area (Å²) in [6, 6.07) is 8.80. The summed E-state index contributed by atoms with van der Waals surface area (Å²) in [6.07, 6.45) is -4.93. The predicted octanol–water partition coefficient (Wildman–Crippen LogP) is 2.79. The SMILES string of the molecule is O=C(CCC(F)(F)F)c1cnn(-c2ccccc2)n1. The van der Waals surface area contributed by atoms with Crippen molar-refractivity contribution in [3.63, 3.8) is 0 Å². The molecule has 0 atom stereocenters. The highest BCUT2D eigenvalue weighted by Crippen LogP contribution is 2.22. The molecule has 2 rings (SSSR count). The summed E-state index contributed by atoms with van der Waals surface area (Å²) in [7, 11) is 0. The normalized spacial score (nSPS) is 11.5. The van der Waals surface area contributed by atoms with Gasteiger partial charge in [-0.2, -0.15) is 23.1 Å². The van der Waals surface area contributed by atoms with Crippen LogP contribution in [0.5, 0.6) is 0 Å². The fourth-order valence-corrected chi connectivity index (χ4v) is 1.46. The summed E-state index contributed by atoms with van der Waals surface area (Å²) in [5, 5.41) is 7.73. The zero-order chi connectivity index (χ0) is 13.9. The number of para-hydroxylation sites is 1. The molecule has 7 heteroatoms. The molecular weight excluding hydrogens is 259 g/mol. The first-order valence-corrected chi connectivity index (χ1v) is 5.53. The average molecular weight is 269 g/mol. The predicted molar refractivity (Wildman–Crippen MR) is 61.0 cm³/mol. The molecule has 0 amide bonds. The van der Waals surface area contributed by atoms with Gasteiger partial charge in [0.15, 0.2) is 5.78 Å². The Morgan fingerprint density at radius 2 is 1.89 bits per heavy atom. The van der Waals surface area contributed by atoms with Crippen LogP contribution in [0, 0.1) is 0 Å². The first-order chi connectivity index (χ1) is 8.96. The molecule has 1 aromatic carbocycles. The monoisotopic (exact) mass is 269 g/mol. The van der Waals surface area contributed by atoms with Crippen molar-refractivity contribution in [1.82, 2.24) is 15.0 Å². The zero-order valence-corrected chi connectivity index (χ0v) is 9.76. The molecule has 0 unspecified atom stereocenters. The minimum atomic E-state index is -4.34. The van der Waals surface area contributed by atoms with E-state index in [1.165, 1.54) is 11.0 Å². The number of rotatable bonds is 4. The van der Waals surface area contributed by atoms with Gasteiger partial charge in [-0.25, -0.2) is 0 Å². The molecule has 1 aromatic heterocycles. The van der Waals surface area contributed by atoms with Crippen LogP contribution in [0.3, 0.4) is 0 Å². The maximum absolute atomic E-state index is 12.0. The molecule has 19 heavy (non-hydrogen) atoms. The number of alkyl halides is 3. The van der Waals surface area contributed by atoms with E-state index >= 15 is 0 Å². The lowest BCUT2D eigenvalue weighted by molar-refractivity contribution is -0.133. The van der Waals surface area contributed by atoms with E-state index in [1.54, 1.807) is 24.3 Å². The Morgan fingerprint density at radius 1 is 1.21 bits per heavy atom. The van der Waals surface area contributed by atoms with Crippen LogP contribution < -0.4 is 0 Å². The maximum Gasteiger partial charge on any atom is 0.389 e. The van der Waals surface area contributed by atoms with Gasteiger partial charge in [0.05, 0.1) is 18.3 Å². The third-order valence-corrected chi connectivity index (χ3v) is 2.40. The van der Waals surface area contributed by atoms with Crippen LogP contribution in [0.15, 0.2) is 36.5 Å². The minimum absolute atomic E-state index is 0.0619. The number of halogens is 3. The third kappa shape index (κ3) is 3.64. The summed E-state index contributed by atoms with van der Waals surface area (Å²) in [5.74, 6) is -0.667. The molecule has 100 valence electrons. The number of hydrogen-bond acceptors (Lipinski definition) is 3. The first kappa shape index (κ1) is 13.3. The van der Waals surface area contributed by atoms with Crippen molar-refractivity contribution in [3.05, 3.63) is 42.2 Å². The smallest absolute Gasteiger partial charge is 0.292 e. The largest absolute Gasteiger partial charge is 0.389 e. The van der Waals surface area contributed by atoms with Crippen molar-refractivity contribution < 1.29 is 18.0 Å². The fourth-order valence-electron chi connectivity index (χ4n) is 1.46. The summed E-state index contributed by atoms with van der Waals surface area (Å²) >= 11 is 0. The standard InChI is InChI=1S/C12H10F3N3O/c13-12(14,15)7-6-11(19)10-8-16-18(17-10)9-4-2-1-3-5-9/h1-5,8H,6-7H2. The van der Waals surface area contributed by atoms with Gasteiger partial charge >= 0.3 is 6.18 Å². The Bertz CT molecular complexity index is 563. The fraction of sp³-hybridized carbons (Fsp3) is 0.250. The second-order valence-corrected chi connectivity index (χ2v) is 3.89. The van der Waals surface area contributed by atoms with E-state index in [1.807, 2.05) is 6.07 Å². The number of carbonyl (C=O) groups is 1. The topological polar surface area (TPSA) is 47.8 Å². The molecule has 0 spiro atoms. The number of nitrogens with zero attached hydrogens (tertiary/aromatic N) is 3. The van der Waals surface area contributed by atoms with E-state index in [2.05, 4.69) is 10.2 Å². The summed E-state index contributed by atoms with van der Waals surface area (Å²) in [5.41, 5.74) is 0.575. The number of benzene rings is 1. The average Bonchev–Trinajstić information content (AvgIpc) is 2.86. The van der Waals surface area contributed by atoms with Crippen molar-refractivity contribution in [1.29, 1.82) is 0 Å². The molecule has 0 N–H and O–H groups in total. The molecule has 0 aliphatic rings. The molecule has 0 fully saturated rings. The van der Waals surface area contributed by atoms with Gasteiger partial charge in [-0.15, -0.1) is 5.10 Å². The van der Waals surface area contributed by atoms with Crippen LogP contribution in [0.1, 0.15) is 23.3 Å². The summed E-state index contributed by atoms with van der Waals surface area (Å²) < 4.78 is 36.0. The van der Waals surface area contributed by atoms with Crippen molar-refractivity contribution in [2.45, 2.75) is 19.0 Å². The van der Waals surface area contributed by atoms with E-state index in [0.717, 1.165) is 0 Å². The summed E-state index contributed by atoms with van der Waals surface area (Å²) in [4.78, 5) is 12.7. The van der Waals surface area contributed by atoms with Gasteiger partial charge in [0.25, 0.3) is 0 Å². The molecule has 0 saturated heterocycles. The second-order valence-electron chi connectivity index (χ2n) is 3.89. The van der Waals surface area contributed by atoms with E-state index < -0.39 is 24.8 Å². The lowest BCUT2D eigenvalue weighted by Crippen LogP contribution is -2.11. The molecule has 2 aromatic rings. The summed E-state index contributed by atoms with van der Waals surface area (Å²) in [6.45, 7) is 0. The van der Waals surface area contributed by atoms with Crippen molar-refractivity contribution in [2.75, 3.05) is 0 Å². The van der Waals surface area contributed by atoms with Gasteiger partial charge in [-0.1, -0.05) is 18.2 Å². The number of hydrogen-bond donors (Lipinski definition) is 0. The number of carbonyl (C=O) groups excluding carboxylic acids is 1.